The van der Waals surface area contributed by atoms with Crippen molar-refractivity contribution < 1.29 is 23.7 Å². The molecule has 1 aliphatic rings. The van der Waals surface area contributed by atoms with Crippen LogP contribution in [0.25, 0.3) is 0 Å². The highest BCUT2D eigenvalue weighted by atomic mass is 16.5. The number of ether oxygens (including phenoxy) is 5. The summed E-state index contributed by atoms with van der Waals surface area (Å²) in [6.07, 6.45) is 1.73. The second kappa shape index (κ2) is 13.4. The van der Waals surface area contributed by atoms with Gasteiger partial charge in [-0.2, -0.15) is 0 Å². The molecule has 1 aliphatic heterocycles. The molecule has 3 rings (SSSR count). The Morgan fingerprint density at radius 1 is 0.969 bits per heavy atom. The first kappa shape index (κ1) is 23.7. The number of benzene rings is 2. The molecule has 0 aliphatic carbocycles. The van der Waals surface area contributed by atoms with Crippen LogP contribution in [-0.4, -0.2) is 59.8 Å². The largest absolute Gasteiger partial charge is 0.497 e. The molecule has 0 fully saturated rings. The van der Waals surface area contributed by atoms with Crippen LogP contribution >= 0.6 is 0 Å². The Kier molecular flexibility index (Phi) is 9.95. The third-order valence-corrected chi connectivity index (χ3v) is 4.78. The smallest absolute Gasteiger partial charge is 0.196 e. The third-order valence-electron chi connectivity index (χ3n) is 4.78. The molecule has 0 atom stereocenters. The van der Waals surface area contributed by atoms with Crippen molar-refractivity contribution in [1.29, 1.82) is 0 Å². The Morgan fingerprint density at radius 3 is 2.56 bits per heavy atom. The van der Waals surface area contributed by atoms with Gasteiger partial charge in [0.25, 0.3) is 0 Å². The zero-order valence-electron chi connectivity index (χ0n) is 18.9. The number of anilines is 1. The van der Waals surface area contributed by atoms with Crippen LogP contribution < -0.4 is 24.8 Å². The molecule has 32 heavy (non-hydrogen) atoms. The van der Waals surface area contributed by atoms with E-state index in [0.29, 0.717) is 45.5 Å². The van der Waals surface area contributed by atoms with Crippen molar-refractivity contribution >= 4 is 11.6 Å². The molecule has 1 heterocycles. The molecule has 174 valence electrons. The van der Waals surface area contributed by atoms with Gasteiger partial charge >= 0.3 is 0 Å². The average molecular weight is 444 g/mol. The van der Waals surface area contributed by atoms with Crippen LogP contribution in [0.5, 0.6) is 17.2 Å². The number of aliphatic imine (C=N–C) groups is 1. The fourth-order valence-corrected chi connectivity index (χ4v) is 3.04. The van der Waals surface area contributed by atoms with Crippen LogP contribution in [0.3, 0.4) is 0 Å². The van der Waals surface area contributed by atoms with Crippen molar-refractivity contribution in [2.24, 2.45) is 4.99 Å². The quantitative estimate of drug-likeness (QED) is 0.313. The summed E-state index contributed by atoms with van der Waals surface area (Å²) in [6, 6.07) is 13.7. The number of nitrogens with zero attached hydrogens (tertiary/aromatic N) is 1. The molecule has 0 bridgehead atoms. The minimum atomic E-state index is 0.536. The minimum Gasteiger partial charge on any atom is -0.497 e. The zero-order valence-corrected chi connectivity index (χ0v) is 18.9. The van der Waals surface area contributed by atoms with E-state index in [9.17, 15) is 0 Å². The molecule has 0 radical (unpaired) electrons. The number of fused-ring (bicyclic) bond motifs is 1. The fourth-order valence-electron chi connectivity index (χ4n) is 3.04. The van der Waals surface area contributed by atoms with E-state index in [0.717, 1.165) is 47.9 Å². The molecule has 2 N–H and O–H groups in total. The lowest BCUT2D eigenvalue weighted by atomic mass is 10.2. The van der Waals surface area contributed by atoms with Gasteiger partial charge in [0.05, 0.1) is 40.1 Å². The monoisotopic (exact) mass is 443 g/mol. The number of hydrogen-bond acceptors (Lipinski definition) is 6. The van der Waals surface area contributed by atoms with Gasteiger partial charge in [-0.3, -0.25) is 0 Å². The van der Waals surface area contributed by atoms with E-state index in [2.05, 4.69) is 10.6 Å². The summed E-state index contributed by atoms with van der Waals surface area (Å²) in [5, 5.41) is 6.75. The maximum Gasteiger partial charge on any atom is 0.196 e. The summed E-state index contributed by atoms with van der Waals surface area (Å²) in [7, 11) is 3.33. The Hall–Kier alpha value is -2.97. The lowest BCUT2D eigenvalue weighted by Crippen LogP contribution is -2.32. The molecule has 0 amide bonds. The first-order valence-corrected chi connectivity index (χ1v) is 10.9. The summed E-state index contributed by atoms with van der Waals surface area (Å²) in [4.78, 5) is 4.74. The number of hydrogen-bond donors (Lipinski definition) is 2. The van der Waals surface area contributed by atoms with Gasteiger partial charge in [-0.1, -0.05) is 12.1 Å². The Bertz CT molecular complexity index is 842. The molecule has 0 unspecified atom stereocenters. The van der Waals surface area contributed by atoms with Gasteiger partial charge in [-0.25, -0.2) is 4.99 Å². The van der Waals surface area contributed by atoms with Crippen molar-refractivity contribution in [3.63, 3.8) is 0 Å². The van der Waals surface area contributed by atoms with E-state index < -0.39 is 0 Å². The van der Waals surface area contributed by atoms with Crippen LogP contribution in [0.4, 0.5) is 5.69 Å². The molecule has 0 aromatic heterocycles. The predicted molar refractivity (Wildman–Crippen MR) is 125 cm³/mol. The zero-order chi connectivity index (χ0) is 22.4. The third kappa shape index (κ3) is 7.94. The predicted octanol–water partition coefficient (Wildman–Crippen LogP) is 3.47. The van der Waals surface area contributed by atoms with Gasteiger partial charge in [-0.15, -0.1) is 0 Å². The Labute approximate surface area is 189 Å². The SMILES string of the molecule is COCCOCCCNC(=NCc1ccc(OC)cc1)Nc1ccc2c(c1)OCCCO2. The second-order valence-corrected chi connectivity index (χ2v) is 7.24. The number of nitrogens with one attached hydrogen (secondary N) is 2. The van der Waals surface area contributed by atoms with E-state index >= 15 is 0 Å². The highest BCUT2D eigenvalue weighted by Crippen LogP contribution is 2.32. The lowest BCUT2D eigenvalue weighted by Gasteiger charge is -2.15. The molecule has 0 saturated carbocycles. The Morgan fingerprint density at radius 2 is 1.78 bits per heavy atom. The van der Waals surface area contributed by atoms with Crippen molar-refractivity contribution in [2.45, 2.75) is 19.4 Å². The van der Waals surface area contributed by atoms with Gasteiger partial charge in [0.2, 0.25) is 0 Å². The first-order valence-electron chi connectivity index (χ1n) is 10.9. The van der Waals surface area contributed by atoms with Crippen molar-refractivity contribution in [3.8, 4) is 17.2 Å². The molecule has 2 aromatic carbocycles. The molecule has 0 spiro atoms. The van der Waals surface area contributed by atoms with Gasteiger partial charge in [0, 0.05) is 38.4 Å². The normalized spacial score (nSPS) is 13.4. The molecule has 8 nitrogen and oxygen atoms in total. The van der Waals surface area contributed by atoms with Crippen LogP contribution in [0.15, 0.2) is 47.5 Å². The summed E-state index contributed by atoms with van der Waals surface area (Å²) in [6.45, 7) is 4.45. The van der Waals surface area contributed by atoms with Crippen LogP contribution in [0.2, 0.25) is 0 Å². The number of rotatable bonds is 11. The number of guanidine groups is 1. The summed E-state index contributed by atoms with van der Waals surface area (Å²) in [5.41, 5.74) is 1.97. The summed E-state index contributed by atoms with van der Waals surface area (Å²) >= 11 is 0. The summed E-state index contributed by atoms with van der Waals surface area (Å²) < 4.78 is 27.3. The lowest BCUT2D eigenvalue weighted by molar-refractivity contribution is 0.0699. The van der Waals surface area contributed by atoms with Crippen molar-refractivity contribution in [3.05, 3.63) is 48.0 Å². The fraction of sp³-hybridized carbons (Fsp3) is 0.458. The minimum absolute atomic E-state index is 0.536. The van der Waals surface area contributed by atoms with E-state index in [1.165, 1.54) is 0 Å². The van der Waals surface area contributed by atoms with Crippen LogP contribution in [0, 0.1) is 0 Å². The average Bonchev–Trinajstić information content (AvgIpc) is 3.07. The van der Waals surface area contributed by atoms with E-state index in [-0.39, 0.29) is 0 Å². The van der Waals surface area contributed by atoms with Gasteiger partial charge < -0.3 is 34.3 Å². The molecular formula is C24H33N3O5. The first-order chi connectivity index (χ1) is 15.8. The highest BCUT2D eigenvalue weighted by Gasteiger charge is 2.11. The van der Waals surface area contributed by atoms with Crippen molar-refractivity contribution in [2.75, 3.05) is 59.1 Å². The maximum absolute atomic E-state index is 5.80. The molecular weight excluding hydrogens is 410 g/mol. The highest BCUT2D eigenvalue weighted by molar-refractivity contribution is 5.93. The van der Waals surface area contributed by atoms with Crippen molar-refractivity contribution in [1.82, 2.24) is 5.32 Å². The summed E-state index contributed by atoms with van der Waals surface area (Å²) in [5.74, 6) is 3.03. The molecule has 2 aromatic rings. The van der Waals surface area contributed by atoms with E-state index in [1.807, 2.05) is 42.5 Å². The van der Waals surface area contributed by atoms with Gasteiger partial charge in [0.1, 0.15) is 5.75 Å². The number of methoxy groups -OCH3 is 2. The van der Waals surface area contributed by atoms with Gasteiger partial charge in [-0.05, 0) is 36.2 Å². The standard InChI is InChI=1S/C24H33N3O5/c1-28-15-16-30-12-3-11-25-24(26-18-19-5-8-21(29-2)9-6-19)27-20-7-10-22-23(17-20)32-14-4-13-31-22/h5-10,17H,3-4,11-16,18H2,1-2H3,(H2,25,26,27). The topological polar surface area (TPSA) is 82.6 Å². The van der Waals surface area contributed by atoms with E-state index in [1.54, 1.807) is 14.2 Å². The molecule has 0 saturated heterocycles. The van der Waals surface area contributed by atoms with Gasteiger partial charge in [0.15, 0.2) is 17.5 Å². The maximum atomic E-state index is 5.80. The van der Waals surface area contributed by atoms with E-state index in [4.69, 9.17) is 28.7 Å². The van der Waals surface area contributed by atoms with Crippen LogP contribution in [-0.2, 0) is 16.0 Å². The second-order valence-electron chi connectivity index (χ2n) is 7.24. The molecule has 8 heteroatoms. The Balaban J connectivity index is 1.61. The van der Waals surface area contributed by atoms with Crippen LogP contribution in [0.1, 0.15) is 18.4 Å².